The Morgan fingerprint density at radius 3 is 2.71 bits per heavy atom. The van der Waals surface area contributed by atoms with Gasteiger partial charge in [-0.15, -0.1) is 5.06 Å². The van der Waals surface area contributed by atoms with Crippen molar-refractivity contribution in [2.45, 2.75) is 58.0 Å². The molecule has 0 aromatic heterocycles. The lowest BCUT2D eigenvalue weighted by atomic mass is 9.63. The molecule has 1 N–H and O–H groups in total. The predicted octanol–water partition coefficient (Wildman–Crippen LogP) is 1.95. The van der Waals surface area contributed by atoms with E-state index >= 15 is 0 Å². The first kappa shape index (κ1) is 12.4. The quantitative estimate of drug-likeness (QED) is 0.562. The highest BCUT2D eigenvalue weighted by Crippen LogP contribution is 2.50. The zero-order valence-electron chi connectivity index (χ0n) is 10.9. The van der Waals surface area contributed by atoms with Crippen LogP contribution in [0.15, 0.2) is 5.16 Å². The van der Waals surface area contributed by atoms with E-state index < -0.39 is 5.54 Å². The fourth-order valence-corrected chi connectivity index (χ4v) is 3.27. The number of fused-ring (bicyclic) bond motifs is 3. The van der Waals surface area contributed by atoms with Gasteiger partial charge in [0.1, 0.15) is 0 Å². The first-order valence-corrected chi connectivity index (χ1v) is 6.02. The van der Waals surface area contributed by atoms with Gasteiger partial charge in [0.2, 0.25) is 0 Å². The van der Waals surface area contributed by atoms with Crippen LogP contribution in [-0.4, -0.2) is 33.0 Å². The minimum atomic E-state index is -0.474. The Morgan fingerprint density at radius 2 is 2.18 bits per heavy atom. The molecule has 17 heavy (non-hydrogen) atoms. The number of hydroxylamine groups is 2. The van der Waals surface area contributed by atoms with E-state index in [1.54, 1.807) is 5.06 Å². The molecule has 0 unspecified atom stereocenters. The van der Waals surface area contributed by atoms with Crippen molar-refractivity contribution >= 4 is 11.7 Å². The monoisotopic (exact) mass is 240 g/mol. The Hall–Kier alpha value is -1.10. The summed E-state index contributed by atoms with van der Waals surface area (Å²) in [6.07, 6.45) is 2.70. The molecule has 96 valence electrons. The molecule has 2 bridgehead atoms. The second-order valence-electron chi connectivity index (χ2n) is 5.79. The summed E-state index contributed by atoms with van der Waals surface area (Å²) in [6.45, 7) is 7.53. The van der Waals surface area contributed by atoms with Crippen LogP contribution in [0.3, 0.4) is 0 Å². The third-order valence-electron chi connectivity index (χ3n) is 4.35. The number of carbonyl (C=O) groups is 1. The van der Waals surface area contributed by atoms with E-state index in [-0.39, 0.29) is 11.5 Å². The Morgan fingerprint density at radius 1 is 1.53 bits per heavy atom. The Labute approximate surface area is 101 Å². The van der Waals surface area contributed by atoms with Gasteiger partial charge >= 0.3 is 5.97 Å². The van der Waals surface area contributed by atoms with Crippen LogP contribution < -0.4 is 0 Å². The predicted molar refractivity (Wildman–Crippen MR) is 62.7 cm³/mol. The normalized spacial score (nSPS) is 38.4. The Kier molecular flexibility index (Phi) is 2.69. The molecule has 2 atom stereocenters. The number of hydrogen-bond donors (Lipinski definition) is 1. The van der Waals surface area contributed by atoms with Gasteiger partial charge in [-0.1, -0.05) is 5.16 Å². The number of oxime groups is 1. The molecule has 2 saturated heterocycles. The summed E-state index contributed by atoms with van der Waals surface area (Å²) < 4.78 is 0. The van der Waals surface area contributed by atoms with Crippen molar-refractivity contribution < 1.29 is 14.8 Å². The molecule has 0 amide bonds. The molecule has 3 rings (SSSR count). The van der Waals surface area contributed by atoms with Gasteiger partial charge in [0.15, 0.2) is 0 Å². The van der Waals surface area contributed by atoms with Gasteiger partial charge in [-0.3, -0.25) is 4.79 Å². The summed E-state index contributed by atoms with van der Waals surface area (Å²) in [6, 6.07) is 0. The summed E-state index contributed by atoms with van der Waals surface area (Å²) in [7, 11) is 0. The van der Waals surface area contributed by atoms with Crippen LogP contribution in [0.5, 0.6) is 0 Å². The first-order valence-electron chi connectivity index (χ1n) is 6.02. The number of hydrogen-bond acceptors (Lipinski definition) is 5. The van der Waals surface area contributed by atoms with Gasteiger partial charge < -0.3 is 10.0 Å². The van der Waals surface area contributed by atoms with Crippen LogP contribution in [0.1, 0.15) is 47.0 Å². The second kappa shape index (κ2) is 3.70. The summed E-state index contributed by atoms with van der Waals surface area (Å²) in [4.78, 5) is 16.6. The average molecular weight is 240 g/mol. The van der Waals surface area contributed by atoms with Crippen LogP contribution in [0.2, 0.25) is 0 Å². The van der Waals surface area contributed by atoms with Crippen molar-refractivity contribution in [1.82, 2.24) is 5.06 Å². The fraction of sp³-hybridized carbons (Fsp3) is 0.833. The lowest BCUT2D eigenvalue weighted by molar-refractivity contribution is -0.272. The molecule has 3 fully saturated rings. The Balaban J connectivity index is 2.42. The van der Waals surface area contributed by atoms with Crippen LogP contribution in [0.4, 0.5) is 0 Å². The molecule has 5 nitrogen and oxygen atoms in total. The molecule has 1 aliphatic carbocycles. The van der Waals surface area contributed by atoms with Crippen LogP contribution in [-0.2, 0) is 9.63 Å². The minimum Gasteiger partial charge on any atom is -0.411 e. The van der Waals surface area contributed by atoms with Gasteiger partial charge in [0, 0.05) is 6.92 Å². The Bertz CT molecular complexity index is 378. The maximum absolute atomic E-state index is 11.2. The van der Waals surface area contributed by atoms with Crippen molar-refractivity contribution in [1.29, 1.82) is 0 Å². The molecule has 2 aliphatic heterocycles. The van der Waals surface area contributed by atoms with E-state index in [0.29, 0.717) is 11.6 Å². The summed E-state index contributed by atoms with van der Waals surface area (Å²) >= 11 is 0. The summed E-state index contributed by atoms with van der Waals surface area (Å²) in [5.74, 6) is 0.0266. The average Bonchev–Trinajstić information content (AvgIpc) is 2.23. The molecular formula is C12H20N2O3. The van der Waals surface area contributed by atoms with Crippen molar-refractivity contribution in [3.05, 3.63) is 0 Å². The van der Waals surface area contributed by atoms with Crippen LogP contribution in [0, 0.1) is 5.92 Å². The van der Waals surface area contributed by atoms with E-state index in [1.807, 2.05) is 6.92 Å². The fourth-order valence-electron chi connectivity index (χ4n) is 3.27. The lowest BCUT2D eigenvalue weighted by Crippen LogP contribution is -2.71. The topological polar surface area (TPSA) is 62.1 Å². The molecule has 2 heterocycles. The highest BCUT2D eigenvalue weighted by atomic mass is 16.7. The van der Waals surface area contributed by atoms with Gasteiger partial charge in [-0.2, -0.15) is 0 Å². The van der Waals surface area contributed by atoms with E-state index in [2.05, 4.69) is 19.0 Å². The van der Waals surface area contributed by atoms with Gasteiger partial charge in [-0.05, 0) is 46.0 Å². The molecule has 0 radical (unpaired) electrons. The molecule has 0 aromatic carbocycles. The van der Waals surface area contributed by atoms with Gasteiger partial charge in [0.25, 0.3) is 0 Å². The zero-order valence-corrected chi connectivity index (χ0v) is 10.9. The van der Waals surface area contributed by atoms with E-state index in [4.69, 9.17) is 10.0 Å². The minimum absolute atomic E-state index is 0.215. The molecule has 0 aromatic rings. The van der Waals surface area contributed by atoms with Gasteiger partial charge in [-0.25, -0.2) is 0 Å². The van der Waals surface area contributed by atoms with E-state index in [9.17, 15) is 4.79 Å². The van der Waals surface area contributed by atoms with Gasteiger partial charge in [0.05, 0.1) is 16.8 Å². The number of rotatable bonds is 1. The van der Waals surface area contributed by atoms with Crippen molar-refractivity contribution in [3.8, 4) is 0 Å². The van der Waals surface area contributed by atoms with Crippen LogP contribution in [0.25, 0.3) is 0 Å². The van der Waals surface area contributed by atoms with E-state index in [0.717, 1.165) is 19.3 Å². The smallest absolute Gasteiger partial charge is 0.322 e. The SMILES string of the molecule is CC(=O)ON1C(C)(C)[C@H]2CC[C@]1(C)/C(=N\O)C2. The highest BCUT2D eigenvalue weighted by molar-refractivity contribution is 5.94. The maximum Gasteiger partial charge on any atom is 0.322 e. The molecule has 1 saturated carbocycles. The molecule has 5 heteroatoms. The second-order valence-corrected chi connectivity index (χ2v) is 5.79. The zero-order chi connectivity index (χ0) is 12.8. The standard InChI is InChI=1S/C12H20N2O3/c1-8(15)17-14-11(2,3)9-5-6-12(14,4)10(7-9)13-16/h9,16H,5-7H2,1-4H3/b13-10-/t9-,12+/m0/s1. The third kappa shape index (κ3) is 1.64. The molecule has 0 spiro atoms. The van der Waals surface area contributed by atoms with Crippen LogP contribution >= 0.6 is 0 Å². The third-order valence-corrected chi connectivity index (χ3v) is 4.35. The number of nitrogens with zero attached hydrogens (tertiary/aromatic N) is 2. The van der Waals surface area contributed by atoms with E-state index in [1.165, 1.54) is 6.92 Å². The lowest BCUT2D eigenvalue weighted by Gasteiger charge is -2.59. The highest BCUT2D eigenvalue weighted by Gasteiger charge is 2.59. The molecule has 3 aliphatic rings. The number of piperidine rings is 2. The van der Waals surface area contributed by atoms with Crippen molar-refractivity contribution in [2.75, 3.05) is 0 Å². The first-order chi connectivity index (χ1) is 7.82. The maximum atomic E-state index is 11.2. The molecular weight excluding hydrogens is 220 g/mol. The summed E-state index contributed by atoms with van der Waals surface area (Å²) in [5.41, 5.74) is 0.0280. The van der Waals surface area contributed by atoms with Crippen molar-refractivity contribution in [2.24, 2.45) is 11.1 Å². The number of carbonyl (C=O) groups excluding carboxylic acids is 1. The van der Waals surface area contributed by atoms with Crippen molar-refractivity contribution in [3.63, 3.8) is 0 Å². The summed E-state index contributed by atoms with van der Waals surface area (Å²) in [5, 5.41) is 14.3. The largest absolute Gasteiger partial charge is 0.411 e.